The highest BCUT2D eigenvalue weighted by molar-refractivity contribution is 5.66. The van der Waals surface area contributed by atoms with E-state index in [0.29, 0.717) is 6.61 Å². The number of aliphatic hydroxyl groups excluding tert-OH is 1. The first-order valence-corrected chi connectivity index (χ1v) is 6.17. The maximum absolute atomic E-state index is 10.2. The second-order valence-electron chi connectivity index (χ2n) is 4.94. The Hall–Kier alpha value is -0.810. The standard InChI is InChI=1S/C8H15NO.C4H9NO2/c10-7-8-3-1-5-9(8)6-2-4-8;1-5(2)4(6)7-3/h10H,1-7H2;1-3H3. The van der Waals surface area contributed by atoms with Crippen molar-refractivity contribution in [3.8, 4) is 0 Å². The van der Waals surface area contributed by atoms with E-state index in [9.17, 15) is 9.90 Å². The zero-order valence-electron chi connectivity index (χ0n) is 11.1. The summed E-state index contributed by atoms with van der Waals surface area (Å²) < 4.78 is 4.30. The Kier molecular flexibility index (Phi) is 5.21. The Morgan fingerprint density at radius 1 is 1.35 bits per heavy atom. The number of hydrogen-bond acceptors (Lipinski definition) is 4. The van der Waals surface area contributed by atoms with Gasteiger partial charge in [0.2, 0.25) is 0 Å². The minimum atomic E-state index is -0.319. The zero-order chi connectivity index (χ0) is 12.9. The van der Waals surface area contributed by atoms with Crippen LogP contribution in [0.3, 0.4) is 0 Å². The molecule has 2 aliphatic heterocycles. The quantitative estimate of drug-likeness (QED) is 0.745. The Labute approximate surface area is 103 Å². The van der Waals surface area contributed by atoms with Gasteiger partial charge in [-0.25, -0.2) is 4.79 Å². The van der Waals surface area contributed by atoms with E-state index < -0.39 is 0 Å². The van der Waals surface area contributed by atoms with Crippen LogP contribution in [0, 0.1) is 0 Å². The molecule has 0 aromatic rings. The molecule has 5 nitrogen and oxygen atoms in total. The van der Waals surface area contributed by atoms with Crippen molar-refractivity contribution in [1.82, 2.24) is 9.80 Å². The third-order valence-electron chi connectivity index (χ3n) is 3.65. The van der Waals surface area contributed by atoms with Gasteiger partial charge in [-0.05, 0) is 38.8 Å². The summed E-state index contributed by atoms with van der Waals surface area (Å²) in [6.45, 7) is 2.83. The summed E-state index contributed by atoms with van der Waals surface area (Å²) in [5, 5.41) is 9.19. The second-order valence-corrected chi connectivity index (χ2v) is 4.94. The zero-order valence-corrected chi connectivity index (χ0v) is 11.1. The highest BCUT2D eigenvalue weighted by Gasteiger charge is 2.43. The predicted molar refractivity (Wildman–Crippen MR) is 65.9 cm³/mol. The summed E-state index contributed by atoms with van der Waals surface area (Å²) in [6, 6.07) is 0. The van der Waals surface area contributed by atoms with Crippen molar-refractivity contribution < 1.29 is 14.6 Å². The molecule has 0 spiro atoms. The van der Waals surface area contributed by atoms with Crippen molar-refractivity contribution in [1.29, 1.82) is 0 Å². The van der Waals surface area contributed by atoms with Crippen molar-refractivity contribution >= 4 is 6.09 Å². The summed E-state index contributed by atoms with van der Waals surface area (Å²) in [4.78, 5) is 14.0. The number of ether oxygens (including phenoxy) is 1. The molecule has 100 valence electrons. The first-order chi connectivity index (χ1) is 8.05. The molecule has 2 aliphatic rings. The van der Waals surface area contributed by atoms with Crippen LogP contribution in [0.5, 0.6) is 0 Å². The highest BCUT2D eigenvalue weighted by atomic mass is 16.5. The van der Waals surface area contributed by atoms with Crippen LogP contribution in [0.4, 0.5) is 4.79 Å². The highest BCUT2D eigenvalue weighted by Crippen LogP contribution is 2.37. The first kappa shape index (κ1) is 14.3. The molecule has 2 heterocycles. The molecule has 0 aliphatic carbocycles. The molecule has 0 unspecified atom stereocenters. The number of fused-ring (bicyclic) bond motifs is 1. The Morgan fingerprint density at radius 3 is 2.12 bits per heavy atom. The number of methoxy groups -OCH3 is 1. The molecule has 2 fully saturated rings. The van der Waals surface area contributed by atoms with Gasteiger partial charge in [0, 0.05) is 19.6 Å². The Morgan fingerprint density at radius 2 is 1.88 bits per heavy atom. The maximum Gasteiger partial charge on any atom is 0.408 e. The molecule has 0 bridgehead atoms. The van der Waals surface area contributed by atoms with E-state index in [1.807, 2.05) is 0 Å². The Balaban J connectivity index is 0.000000185. The molecular formula is C12H24N2O3. The maximum atomic E-state index is 10.2. The number of nitrogens with zero attached hydrogens (tertiary/aromatic N) is 2. The molecule has 2 saturated heterocycles. The fourth-order valence-electron chi connectivity index (χ4n) is 2.67. The fraction of sp³-hybridized carbons (Fsp3) is 0.917. The minimum absolute atomic E-state index is 0.236. The Bertz CT molecular complexity index is 246. The van der Waals surface area contributed by atoms with Gasteiger partial charge in [-0.3, -0.25) is 4.90 Å². The van der Waals surface area contributed by atoms with E-state index in [4.69, 9.17) is 0 Å². The molecule has 2 rings (SSSR count). The van der Waals surface area contributed by atoms with Gasteiger partial charge in [0.05, 0.1) is 13.7 Å². The summed E-state index contributed by atoms with van der Waals surface area (Å²) in [7, 11) is 4.61. The van der Waals surface area contributed by atoms with E-state index in [1.54, 1.807) is 14.1 Å². The number of hydrogen-bond donors (Lipinski definition) is 1. The summed E-state index contributed by atoms with van der Waals surface area (Å²) >= 11 is 0. The number of carbonyl (C=O) groups excluding carboxylic acids is 1. The fourth-order valence-corrected chi connectivity index (χ4v) is 2.67. The summed E-state index contributed by atoms with van der Waals surface area (Å²) in [5.41, 5.74) is 0.236. The molecule has 1 N–H and O–H groups in total. The van der Waals surface area contributed by atoms with Gasteiger partial charge >= 0.3 is 6.09 Å². The molecule has 17 heavy (non-hydrogen) atoms. The average Bonchev–Trinajstić information content (AvgIpc) is 2.87. The molecule has 1 amide bonds. The predicted octanol–water partition coefficient (Wildman–Crippen LogP) is 0.921. The van der Waals surface area contributed by atoms with Crippen LogP contribution in [-0.4, -0.2) is 67.4 Å². The van der Waals surface area contributed by atoms with Gasteiger partial charge in [-0.2, -0.15) is 0 Å². The molecule has 0 atom stereocenters. The lowest BCUT2D eigenvalue weighted by molar-refractivity contribution is 0.0999. The molecule has 0 radical (unpaired) electrons. The van der Waals surface area contributed by atoms with Gasteiger partial charge < -0.3 is 14.7 Å². The average molecular weight is 244 g/mol. The van der Waals surface area contributed by atoms with Gasteiger partial charge in [0.1, 0.15) is 0 Å². The van der Waals surface area contributed by atoms with E-state index in [2.05, 4.69) is 9.64 Å². The normalized spacial score (nSPS) is 21.4. The lowest BCUT2D eigenvalue weighted by Crippen LogP contribution is -2.41. The lowest BCUT2D eigenvalue weighted by Gasteiger charge is -2.29. The topological polar surface area (TPSA) is 53.0 Å². The molecule has 0 aromatic heterocycles. The van der Waals surface area contributed by atoms with Crippen LogP contribution in [-0.2, 0) is 4.74 Å². The first-order valence-electron chi connectivity index (χ1n) is 6.17. The lowest BCUT2D eigenvalue weighted by atomic mass is 9.96. The van der Waals surface area contributed by atoms with Gasteiger partial charge in [0.25, 0.3) is 0 Å². The number of amides is 1. The second kappa shape index (κ2) is 6.21. The third-order valence-corrected chi connectivity index (χ3v) is 3.65. The van der Waals surface area contributed by atoms with Crippen LogP contribution in [0.1, 0.15) is 25.7 Å². The van der Waals surface area contributed by atoms with E-state index in [-0.39, 0.29) is 11.6 Å². The number of rotatable bonds is 1. The monoisotopic (exact) mass is 244 g/mol. The number of carbonyl (C=O) groups is 1. The van der Waals surface area contributed by atoms with Crippen molar-refractivity contribution in [2.45, 2.75) is 31.2 Å². The summed E-state index contributed by atoms with van der Waals surface area (Å²) in [5.74, 6) is 0. The van der Waals surface area contributed by atoms with Crippen molar-refractivity contribution in [3.05, 3.63) is 0 Å². The van der Waals surface area contributed by atoms with E-state index in [1.165, 1.54) is 50.8 Å². The smallest absolute Gasteiger partial charge is 0.408 e. The molecular weight excluding hydrogens is 220 g/mol. The van der Waals surface area contributed by atoms with Gasteiger partial charge in [-0.1, -0.05) is 0 Å². The van der Waals surface area contributed by atoms with Crippen LogP contribution in [0.15, 0.2) is 0 Å². The number of aliphatic hydroxyl groups is 1. The van der Waals surface area contributed by atoms with E-state index in [0.717, 1.165) is 0 Å². The van der Waals surface area contributed by atoms with Crippen molar-refractivity contribution in [3.63, 3.8) is 0 Å². The van der Waals surface area contributed by atoms with Gasteiger partial charge in [-0.15, -0.1) is 0 Å². The molecule has 0 saturated carbocycles. The molecule has 5 heteroatoms. The van der Waals surface area contributed by atoms with Crippen LogP contribution >= 0.6 is 0 Å². The van der Waals surface area contributed by atoms with Gasteiger partial charge in [0.15, 0.2) is 0 Å². The van der Waals surface area contributed by atoms with E-state index >= 15 is 0 Å². The SMILES string of the molecule is COC(=O)N(C)C.OCC12CCCN1CCC2. The third kappa shape index (κ3) is 3.33. The minimum Gasteiger partial charge on any atom is -0.453 e. The van der Waals surface area contributed by atoms with Crippen LogP contribution in [0.25, 0.3) is 0 Å². The molecule has 0 aromatic carbocycles. The van der Waals surface area contributed by atoms with Crippen LogP contribution < -0.4 is 0 Å². The van der Waals surface area contributed by atoms with Crippen molar-refractivity contribution in [2.24, 2.45) is 0 Å². The summed E-state index contributed by atoms with van der Waals surface area (Å²) in [6.07, 6.45) is 4.72. The van der Waals surface area contributed by atoms with Crippen molar-refractivity contribution in [2.75, 3.05) is 40.9 Å². The van der Waals surface area contributed by atoms with Crippen LogP contribution in [0.2, 0.25) is 0 Å². The largest absolute Gasteiger partial charge is 0.453 e.